The van der Waals surface area contributed by atoms with Gasteiger partial charge >= 0.3 is 0 Å². The third kappa shape index (κ3) is 3.75. The first-order valence-electron chi connectivity index (χ1n) is 4.23. The van der Waals surface area contributed by atoms with Crippen molar-refractivity contribution >= 4 is 17.7 Å². The Morgan fingerprint density at radius 1 is 1.71 bits per heavy atom. The highest BCUT2D eigenvalue weighted by molar-refractivity contribution is 7.99. The van der Waals surface area contributed by atoms with Crippen molar-refractivity contribution in [2.24, 2.45) is 5.84 Å². The van der Waals surface area contributed by atoms with E-state index >= 15 is 0 Å². The summed E-state index contributed by atoms with van der Waals surface area (Å²) in [5.74, 6) is 6.40. The molecule has 1 aromatic heterocycles. The molecule has 0 spiro atoms. The molecule has 0 aliphatic heterocycles. The summed E-state index contributed by atoms with van der Waals surface area (Å²) >= 11 is 1.52. The molecule has 0 radical (unpaired) electrons. The Labute approximate surface area is 86.0 Å². The van der Waals surface area contributed by atoms with E-state index in [0.717, 1.165) is 23.2 Å². The molecule has 0 saturated heterocycles. The Hall–Kier alpha value is -1.08. The number of aryl methyl sites for hydroxylation is 1. The topological polar surface area (TPSA) is 96.7 Å². The van der Waals surface area contributed by atoms with Crippen molar-refractivity contribution in [3.8, 4) is 0 Å². The Balaban J connectivity index is 2.13. The van der Waals surface area contributed by atoms with Crippen LogP contribution in [-0.4, -0.2) is 26.8 Å². The average Bonchev–Trinajstić information content (AvgIpc) is 2.58. The van der Waals surface area contributed by atoms with Crippen LogP contribution in [0.4, 0.5) is 0 Å². The molecule has 0 aromatic carbocycles. The quantitative estimate of drug-likeness (QED) is 0.211. The number of rotatable bonds is 5. The maximum atomic E-state index is 10.7. The highest BCUT2D eigenvalue weighted by Crippen LogP contribution is 2.13. The Bertz CT molecular complexity index is 300. The van der Waals surface area contributed by atoms with Crippen molar-refractivity contribution in [2.75, 3.05) is 5.75 Å². The van der Waals surface area contributed by atoms with E-state index < -0.39 is 0 Å². The van der Waals surface area contributed by atoms with Gasteiger partial charge in [0.2, 0.25) is 11.1 Å². The average molecular weight is 215 g/mol. The molecule has 78 valence electrons. The molecule has 1 heterocycles. The molecule has 7 heteroatoms. The fourth-order valence-electron chi connectivity index (χ4n) is 0.855. The molecule has 0 saturated carbocycles. The van der Waals surface area contributed by atoms with E-state index in [1.54, 1.807) is 0 Å². The van der Waals surface area contributed by atoms with Crippen LogP contribution >= 0.6 is 11.8 Å². The minimum absolute atomic E-state index is 0.142. The van der Waals surface area contributed by atoms with Crippen LogP contribution in [0.2, 0.25) is 0 Å². The van der Waals surface area contributed by atoms with E-state index in [2.05, 4.69) is 20.6 Å². The molecule has 0 bridgehead atoms. The fraction of sp³-hybridized carbons (Fsp3) is 0.571. The summed E-state index contributed by atoms with van der Waals surface area (Å²) in [4.78, 5) is 14.9. The summed E-state index contributed by atoms with van der Waals surface area (Å²) < 4.78 is 0. The molecule has 14 heavy (non-hydrogen) atoms. The number of aromatic amines is 1. The summed E-state index contributed by atoms with van der Waals surface area (Å²) in [6.07, 6.45) is 1.20. The van der Waals surface area contributed by atoms with Crippen molar-refractivity contribution in [3.05, 3.63) is 5.82 Å². The molecule has 6 nitrogen and oxygen atoms in total. The zero-order valence-corrected chi connectivity index (χ0v) is 8.73. The van der Waals surface area contributed by atoms with Crippen LogP contribution in [0.25, 0.3) is 0 Å². The first-order chi connectivity index (χ1) is 6.72. The minimum atomic E-state index is -0.142. The van der Waals surface area contributed by atoms with Gasteiger partial charge in [-0.1, -0.05) is 11.8 Å². The van der Waals surface area contributed by atoms with Gasteiger partial charge in [0.15, 0.2) is 0 Å². The summed E-state index contributed by atoms with van der Waals surface area (Å²) in [7, 11) is 0. The van der Waals surface area contributed by atoms with E-state index in [4.69, 9.17) is 5.84 Å². The van der Waals surface area contributed by atoms with Crippen LogP contribution in [0.1, 0.15) is 18.7 Å². The molecular formula is C7H13N5OS. The van der Waals surface area contributed by atoms with Gasteiger partial charge in [0.25, 0.3) is 0 Å². The molecule has 0 unspecified atom stereocenters. The zero-order chi connectivity index (χ0) is 10.4. The van der Waals surface area contributed by atoms with Gasteiger partial charge in [-0.15, -0.1) is 5.10 Å². The minimum Gasteiger partial charge on any atom is -0.294 e. The lowest BCUT2D eigenvalue weighted by Crippen LogP contribution is -2.29. The summed E-state index contributed by atoms with van der Waals surface area (Å²) in [5, 5.41) is 7.42. The number of thioether (sulfide) groups is 1. The van der Waals surface area contributed by atoms with Gasteiger partial charge in [0.1, 0.15) is 5.82 Å². The Kier molecular flexibility index (Phi) is 4.41. The van der Waals surface area contributed by atoms with Gasteiger partial charge in [-0.05, 0) is 13.3 Å². The third-order valence-corrected chi connectivity index (χ3v) is 2.45. The second-order valence-electron chi connectivity index (χ2n) is 2.72. The van der Waals surface area contributed by atoms with Crippen molar-refractivity contribution < 1.29 is 4.79 Å². The molecule has 1 rings (SSSR count). The highest BCUT2D eigenvalue weighted by Gasteiger charge is 2.01. The fourth-order valence-corrected chi connectivity index (χ4v) is 1.64. The van der Waals surface area contributed by atoms with E-state index in [1.165, 1.54) is 11.8 Å². The van der Waals surface area contributed by atoms with Crippen LogP contribution in [0.15, 0.2) is 5.16 Å². The van der Waals surface area contributed by atoms with Gasteiger partial charge in [-0.2, -0.15) is 0 Å². The molecule has 0 aliphatic carbocycles. The van der Waals surface area contributed by atoms with Gasteiger partial charge < -0.3 is 0 Å². The molecule has 1 aromatic rings. The number of H-pyrrole nitrogens is 1. The number of carbonyl (C=O) groups is 1. The monoisotopic (exact) mass is 215 g/mol. The SMILES string of the molecule is Cc1nc(SCCCC(=O)NN)n[nH]1. The maximum Gasteiger partial charge on any atom is 0.233 e. The Morgan fingerprint density at radius 3 is 3.07 bits per heavy atom. The van der Waals surface area contributed by atoms with Crippen LogP contribution in [0.3, 0.4) is 0 Å². The van der Waals surface area contributed by atoms with E-state index in [9.17, 15) is 4.79 Å². The van der Waals surface area contributed by atoms with Gasteiger partial charge in [-0.3, -0.25) is 15.3 Å². The molecule has 0 aliphatic rings. The zero-order valence-electron chi connectivity index (χ0n) is 7.91. The van der Waals surface area contributed by atoms with Crippen molar-refractivity contribution in [1.29, 1.82) is 0 Å². The molecular weight excluding hydrogens is 202 g/mol. The first kappa shape index (κ1) is 11.0. The number of amides is 1. The Morgan fingerprint density at radius 2 is 2.50 bits per heavy atom. The smallest absolute Gasteiger partial charge is 0.233 e. The van der Waals surface area contributed by atoms with E-state index in [-0.39, 0.29) is 5.91 Å². The number of carbonyl (C=O) groups excluding carboxylic acids is 1. The van der Waals surface area contributed by atoms with Crippen molar-refractivity contribution in [2.45, 2.75) is 24.9 Å². The molecule has 0 atom stereocenters. The maximum absolute atomic E-state index is 10.7. The third-order valence-electron chi connectivity index (χ3n) is 1.52. The predicted octanol–water partition coefficient (Wildman–Crippen LogP) is -0.0247. The second-order valence-corrected chi connectivity index (χ2v) is 3.78. The standard InChI is InChI=1S/C7H13N5OS/c1-5-9-7(12-11-5)14-4-2-3-6(13)10-8/h2-4,8H2,1H3,(H,10,13)(H,9,11,12). The highest BCUT2D eigenvalue weighted by atomic mass is 32.2. The number of hydrogen-bond acceptors (Lipinski definition) is 5. The second kappa shape index (κ2) is 5.61. The molecule has 1 amide bonds. The first-order valence-corrected chi connectivity index (χ1v) is 5.22. The number of nitrogens with two attached hydrogens (primary N) is 1. The van der Waals surface area contributed by atoms with Crippen LogP contribution in [0.5, 0.6) is 0 Å². The van der Waals surface area contributed by atoms with Crippen LogP contribution in [0, 0.1) is 6.92 Å². The summed E-state index contributed by atoms with van der Waals surface area (Å²) in [6.45, 7) is 1.85. The normalized spacial score (nSPS) is 10.1. The largest absolute Gasteiger partial charge is 0.294 e. The van der Waals surface area contributed by atoms with Crippen molar-refractivity contribution in [3.63, 3.8) is 0 Å². The summed E-state index contributed by atoms with van der Waals surface area (Å²) in [6, 6.07) is 0. The van der Waals surface area contributed by atoms with Gasteiger partial charge in [-0.25, -0.2) is 10.8 Å². The molecule has 0 fully saturated rings. The number of hydrogen-bond donors (Lipinski definition) is 3. The molecule has 4 N–H and O–H groups in total. The number of nitrogens with zero attached hydrogens (tertiary/aromatic N) is 2. The van der Waals surface area contributed by atoms with Crippen LogP contribution < -0.4 is 11.3 Å². The van der Waals surface area contributed by atoms with Crippen molar-refractivity contribution in [1.82, 2.24) is 20.6 Å². The van der Waals surface area contributed by atoms with Gasteiger partial charge in [0.05, 0.1) is 0 Å². The van der Waals surface area contributed by atoms with E-state index in [0.29, 0.717) is 6.42 Å². The lowest BCUT2D eigenvalue weighted by molar-refractivity contribution is -0.121. The summed E-state index contributed by atoms with van der Waals surface area (Å²) in [5.41, 5.74) is 2.08. The van der Waals surface area contributed by atoms with Gasteiger partial charge in [0, 0.05) is 12.2 Å². The lowest BCUT2D eigenvalue weighted by Gasteiger charge is -1.97. The number of nitrogens with one attached hydrogen (secondary N) is 2. The van der Waals surface area contributed by atoms with Crippen LogP contribution in [-0.2, 0) is 4.79 Å². The van der Waals surface area contributed by atoms with E-state index in [1.807, 2.05) is 6.92 Å². The number of hydrazine groups is 1. The lowest BCUT2D eigenvalue weighted by atomic mass is 10.3. The predicted molar refractivity (Wildman–Crippen MR) is 53.4 cm³/mol. The number of aromatic nitrogens is 3.